The normalized spacial score (nSPS) is 12.3. The summed E-state index contributed by atoms with van der Waals surface area (Å²) in [5.74, 6) is -0.197. The molecule has 2 nitrogen and oxygen atoms in total. The zero-order valence-electron chi connectivity index (χ0n) is 10.0. The number of rotatable bonds is 3. The maximum absolute atomic E-state index is 13.5. The van der Waals surface area contributed by atoms with Gasteiger partial charge < -0.3 is 5.73 Å². The minimum absolute atomic E-state index is 0.139. The lowest BCUT2D eigenvalue weighted by Crippen LogP contribution is -2.03. The first-order chi connectivity index (χ1) is 8.59. The van der Waals surface area contributed by atoms with E-state index in [0.29, 0.717) is 16.1 Å². The summed E-state index contributed by atoms with van der Waals surface area (Å²) in [6.07, 6.45) is 0. The van der Waals surface area contributed by atoms with Gasteiger partial charge in [-0.2, -0.15) is 0 Å². The molecule has 1 atom stereocenters. The third-order valence-corrected chi connectivity index (χ3v) is 4.19. The number of nitrogens with two attached hydrogens (primary N) is 1. The number of hydrogen-bond donors (Lipinski definition) is 1. The molecule has 2 rings (SSSR count). The van der Waals surface area contributed by atoms with E-state index >= 15 is 0 Å². The Labute approximate surface area is 108 Å². The highest BCUT2D eigenvalue weighted by atomic mass is 32.2. The van der Waals surface area contributed by atoms with Crippen molar-refractivity contribution in [3.63, 3.8) is 0 Å². The second kappa shape index (κ2) is 5.31. The molecule has 0 aliphatic carbocycles. The van der Waals surface area contributed by atoms with Crippen molar-refractivity contribution >= 4 is 16.5 Å². The fraction of sp³-hybridized carbons (Fsp3) is 0.143. The number of para-hydroxylation sites is 1. The summed E-state index contributed by atoms with van der Waals surface area (Å²) in [5, 5.41) is 0. The van der Waals surface area contributed by atoms with Crippen LogP contribution in [0.25, 0.3) is 0 Å². The van der Waals surface area contributed by atoms with Crippen LogP contribution in [0.2, 0.25) is 0 Å². The number of hydrogen-bond acceptors (Lipinski definition) is 2. The smallest absolute Gasteiger partial charge is 0.127 e. The first-order valence-electron chi connectivity index (χ1n) is 5.56. The Morgan fingerprint density at radius 3 is 2.61 bits per heavy atom. The third-order valence-electron chi connectivity index (χ3n) is 2.77. The molecule has 0 saturated heterocycles. The molecule has 0 amide bonds. The Bertz CT molecular complexity index is 598. The molecule has 0 heterocycles. The van der Waals surface area contributed by atoms with Crippen molar-refractivity contribution in [1.82, 2.24) is 0 Å². The van der Waals surface area contributed by atoms with E-state index < -0.39 is 10.8 Å². The third kappa shape index (κ3) is 2.59. The zero-order valence-corrected chi connectivity index (χ0v) is 10.8. The average Bonchev–Trinajstić information content (AvgIpc) is 2.35. The SMILES string of the molecule is Cc1cccc(S(=O)Cc2ccccc2F)c1N. The van der Waals surface area contributed by atoms with Crippen LogP contribution in [0.1, 0.15) is 11.1 Å². The van der Waals surface area contributed by atoms with E-state index in [2.05, 4.69) is 0 Å². The van der Waals surface area contributed by atoms with E-state index in [-0.39, 0.29) is 11.6 Å². The second-order valence-electron chi connectivity index (χ2n) is 4.07. The van der Waals surface area contributed by atoms with Crippen LogP contribution < -0.4 is 5.73 Å². The van der Waals surface area contributed by atoms with Crippen molar-refractivity contribution in [3.8, 4) is 0 Å². The molecule has 18 heavy (non-hydrogen) atoms. The van der Waals surface area contributed by atoms with Crippen LogP contribution in [0.15, 0.2) is 47.4 Å². The van der Waals surface area contributed by atoms with Crippen LogP contribution in [0.5, 0.6) is 0 Å². The summed E-state index contributed by atoms with van der Waals surface area (Å²) >= 11 is 0. The quantitative estimate of drug-likeness (QED) is 0.865. The van der Waals surface area contributed by atoms with Gasteiger partial charge in [-0.05, 0) is 24.6 Å². The number of halogens is 1. The summed E-state index contributed by atoms with van der Waals surface area (Å²) in [6, 6.07) is 11.7. The van der Waals surface area contributed by atoms with Crippen LogP contribution in [-0.4, -0.2) is 4.21 Å². The highest BCUT2D eigenvalue weighted by Gasteiger charge is 2.12. The van der Waals surface area contributed by atoms with Gasteiger partial charge in [-0.25, -0.2) is 4.39 Å². The van der Waals surface area contributed by atoms with Crippen molar-refractivity contribution < 1.29 is 8.60 Å². The summed E-state index contributed by atoms with van der Waals surface area (Å²) in [6.45, 7) is 1.86. The Morgan fingerprint density at radius 2 is 1.89 bits per heavy atom. The predicted molar refractivity (Wildman–Crippen MR) is 72.1 cm³/mol. The van der Waals surface area contributed by atoms with E-state index in [1.165, 1.54) is 6.07 Å². The van der Waals surface area contributed by atoms with E-state index in [1.54, 1.807) is 30.3 Å². The molecule has 2 aromatic carbocycles. The average molecular weight is 263 g/mol. The molecule has 0 aliphatic heterocycles. The first kappa shape index (κ1) is 12.8. The Hall–Kier alpha value is -1.68. The van der Waals surface area contributed by atoms with Gasteiger partial charge in [0.1, 0.15) is 5.82 Å². The summed E-state index contributed by atoms with van der Waals surface area (Å²) in [7, 11) is -1.33. The van der Waals surface area contributed by atoms with Crippen LogP contribution in [0.4, 0.5) is 10.1 Å². The molecular formula is C14H14FNOS. The monoisotopic (exact) mass is 263 g/mol. The van der Waals surface area contributed by atoms with Gasteiger partial charge in [0, 0.05) is 5.56 Å². The summed E-state index contributed by atoms with van der Waals surface area (Å²) < 4.78 is 25.7. The number of benzene rings is 2. The highest BCUT2D eigenvalue weighted by molar-refractivity contribution is 7.84. The number of nitrogen functional groups attached to an aromatic ring is 1. The lowest BCUT2D eigenvalue weighted by atomic mass is 10.2. The van der Waals surface area contributed by atoms with Crippen LogP contribution in [-0.2, 0) is 16.6 Å². The van der Waals surface area contributed by atoms with Gasteiger partial charge in [0.2, 0.25) is 0 Å². The molecule has 94 valence electrons. The molecule has 2 N–H and O–H groups in total. The van der Waals surface area contributed by atoms with Crippen molar-refractivity contribution in [3.05, 3.63) is 59.4 Å². The topological polar surface area (TPSA) is 43.1 Å². The molecule has 0 spiro atoms. The fourth-order valence-electron chi connectivity index (χ4n) is 1.69. The van der Waals surface area contributed by atoms with Gasteiger partial charge in [-0.3, -0.25) is 4.21 Å². The van der Waals surface area contributed by atoms with Gasteiger partial charge >= 0.3 is 0 Å². The first-order valence-corrected chi connectivity index (χ1v) is 6.88. The Kier molecular flexibility index (Phi) is 3.77. The van der Waals surface area contributed by atoms with Crippen molar-refractivity contribution in [2.24, 2.45) is 0 Å². The van der Waals surface area contributed by atoms with Gasteiger partial charge in [0.25, 0.3) is 0 Å². The lowest BCUT2D eigenvalue weighted by Gasteiger charge is -2.08. The standard InChI is InChI=1S/C14H14FNOS/c1-10-5-4-8-13(14(10)16)18(17)9-11-6-2-3-7-12(11)15/h2-8H,9,16H2,1H3. The van der Waals surface area contributed by atoms with Gasteiger partial charge in [-0.1, -0.05) is 30.3 Å². The van der Waals surface area contributed by atoms with Crippen LogP contribution >= 0.6 is 0 Å². The minimum atomic E-state index is -1.33. The second-order valence-corrected chi connectivity index (χ2v) is 5.49. The molecule has 0 aliphatic rings. The molecular weight excluding hydrogens is 249 g/mol. The molecule has 0 bridgehead atoms. The Morgan fingerprint density at radius 1 is 1.17 bits per heavy atom. The van der Waals surface area contributed by atoms with Crippen LogP contribution in [0, 0.1) is 12.7 Å². The largest absolute Gasteiger partial charge is 0.398 e. The van der Waals surface area contributed by atoms with Crippen LogP contribution in [0.3, 0.4) is 0 Å². The van der Waals surface area contributed by atoms with Gasteiger partial charge in [0.05, 0.1) is 27.1 Å². The minimum Gasteiger partial charge on any atom is -0.398 e. The molecule has 1 unspecified atom stereocenters. The van der Waals surface area contributed by atoms with E-state index in [4.69, 9.17) is 5.73 Å². The summed E-state index contributed by atoms with van der Waals surface area (Å²) in [5.41, 5.74) is 7.73. The molecule has 0 saturated carbocycles. The fourth-order valence-corrected chi connectivity index (χ4v) is 3.00. The maximum atomic E-state index is 13.5. The molecule has 0 aromatic heterocycles. The molecule has 2 aromatic rings. The van der Waals surface area contributed by atoms with E-state index in [0.717, 1.165) is 5.56 Å². The summed E-state index contributed by atoms with van der Waals surface area (Å²) in [4.78, 5) is 0.568. The predicted octanol–water partition coefficient (Wildman–Crippen LogP) is 3.02. The van der Waals surface area contributed by atoms with Gasteiger partial charge in [0.15, 0.2) is 0 Å². The van der Waals surface area contributed by atoms with E-state index in [9.17, 15) is 8.60 Å². The van der Waals surface area contributed by atoms with E-state index in [1.807, 2.05) is 13.0 Å². The molecule has 0 radical (unpaired) electrons. The lowest BCUT2D eigenvalue weighted by molar-refractivity contribution is 0.615. The maximum Gasteiger partial charge on any atom is 0.127 e. The number of anilines is 1. The molecule has 0 fully saturated rings. The highest BCUT2D eigenvalue weighted by Crippen LogP contribution is 2.22. The Balaban J connectivity index is 2.28. The van der Waals surface area contributed by atoms with Gasteiger partial charge in [-0.15, -0.1) is 0 Å². The van der Waals surface area contributed by atoms with Crippen molar-refractivity contribution in [2.45, 2.75) is 17.6 Å². The molecule has 4 heteroatoms. The van der Waals surface area contributed by atoms with Crippen molar-refractivity contribution in [1.29, 1.82) is 0 Å². The zero-order chi connectivity index (χ0) is 13.1. The van der Waals surface area contributed by atoms with Crippen molar-refractivity contribution in [2.75, 3.05) is 5.73 Å². The number of aryl methyl sites for hydroxylation is 1.